The molecule has 3 aliphatic heterocycles. The number of halogens is 1. The van der Waals surface area contributed by atoms with Crippen molar-refractivity contribution in [2.75, 3.05) is 46.2 Å². The third-order valence-electron chi connectivity index (χ3n) is 5.56. The molecule has 11 heteroatoms. The molecule has 0 unspecified atom stereocenters. The number of hydrogen-bond donors (Lipinski definition) is 0. The molecule has 1 fully saturated rings. The summed E-state index contributed by atoms with van der Waals surface area (Å²) < 4.78 is 49.5. The highest BCUT2D eigenvalue weighted by Crippen LogP contribution is 2.40. The average Bonchev–Trinajstić information content (AvgIpc) is 3.16. The van der Waals surface area contributed by atoms with Crippen LogP contribution in [0.3, 0.4) is 0 Å². The molecule has 170 valence electrons. The Hall–Kier alpha value is -2.69. The molecule has 0 spiro atoms. The molecule has 0 aromatic heterocycles. The topological polar surface area (TPSA) is 94.6 Å². The fourth-order valence-electron chi connectivity index (χ4n) is 3.86. The summed E-state index contributed by atoms with van der Waals surface area (Å²) >= 11 is 6.19. The molecule has 1 amide bonds. The van der Waals surface area contributed by atoms with Crippen LogP contribution in [-0.2, 0) is 10.0 Å². The Kier molecular flexibility index (Phi) is 5.52. The molecule has 1 saturated heterocycles. The van der Waals surface area contributed by atoms with Gasteiger partial charge >= 0.3 is 0 Å². The Morgan fingerprint density at radius 3 is 2.41 bits per heavy atom. The van der Waals surface area contributed by atoms with E-state index in [1.165, 1.54) is 22.5 Å². The smallest absolute Gasteiger partial charge is 0.254 e. The molecule has 2 aromatic rings. The van der Waals surface area contributed by atoms with Crippen molar-refractivity contribution in [2.24, 2.45) is 0 Å². The Morgan fingerprint density at radius 2 is 1.62 bits per heavy atom. The van der Waals surface area contributed by atoms with Gasteiger partial charge < -0.3 is 23.8 Å². The Labute approximate surface area is 190 Å². The summed E-state index contributed by atoms with van der Waals surface area (Å²) in [4.78, 5) is 14.7. The summed E-state index contributed by atoms with van der Waals surface area (Å²) in [5, 5.41) is 0.305. The second kappa shape index (κ2) is 8.34. The summed E-state index contributed by atoms with van der Waals surface area (Å²) in [6.45, 7) is 1.94. The number of nitrogens with zero attached hydrogens (tertiary/aromatic N) is 2. The summed E-state index contributed by atoms with van der Waals surface area (Å²) in [6.07, 6.45) is 0.737. The highest BCUT2D eigenvalue weighted by Gasteiger charge is 2.32. The summed E-state index contributed by atoms with van der Waals surface area (Å²) in [5.41, 5.74) is 0.374. The molecule has 32 heavy (non-hydrogen) atoms. The molecular formula is C21H21ClN2O7S. The van der Waals surface area contributed by atoms with Crippen LogP contribution in [0.1, 0.15) is 16.8 Å². The first-order valence-electron chi connectivity index (χ1n) is 10.2. The quantitative estimate of drug-likeness (QED) is 0.665. The van der Waals surface area contributed by atoms with Crippen molar-refractivity contribution in [3.05, 3.63) is 40.9 Å². The highest BCUT2D eigenvalue weighted by molar-refractivity contribution is 7.89. The maximum Gasteiger partial charge on any atom is 0.254 e. The number of amides is 1. The minimum Gasteiger partial charge on any atom is -0.490 e. The van der Waals surface area contributed by atoms with E-state index >= 15 is 0 Å². The van der Waals surface area contributed by atoms with Crippen molar-refractivity contribution in [3.63, 3.8) is 0 Å². The number of ether oxygens (including phenoxy) is 4. The van der Waals surface area contributed by atoms with E-state index in [9.17, 15) is 13.2 Å². The van der Waals surface area contributed by atoms with Gasteiger partial charge in [0.15, 0.2) is 23.0 Å². The van der Waals surface area contributed by atoms with Crippen molar-refractivity contribution in [1.82, 2.24) is 9.21 Å². The van der Waals surface area contributed by atoms with Crippen LogP contribution in [0.2, 0.25) is 5.02 Å². The van der Waals surface area contributed by atoms with Crippen molar-refractivity contribution in [2.45, 2.75) is 11.3 Å². The molecule has 0 atom stereocenters. The predicted octanol–water partition coefficient (Wildman–Crippen LogP) is 2.38. The fourth-order valence-corrected chi connectivity index (χ4v) is 5.56. The average molecular weight is 481 g/mol. The lowest BCUT2D eigenvalue weighted by atomic mass is 10.1. The van der Waals surface area contributed by atoms with E-state index in [2.05, 4.69) is 0 Å². The van der Waals surface area contributed by atoms with E-state index in [0.29, 0.717) is 46.8 Å². The molecule has 0 aliphatic carbocycles. The minimum atomic E-state index is -3.73. The number of fused-ring (bicyclic) bond motifs is 2. The van der Waals surface area contributed by atoms with Gasteiger partial charge in [-0.1, -0.05) is 11.6 Å². The van der Waals surface area contributed by atoms with Crippen LogP contribution in [0.25, 0.3) is 0 Å². The molecule has 9 nitrogen and oxygen atoms in total. The molecule has 5 rings (SSSR count). The molecule has 3 heterocycles. The predicted molar refractivity (Wildman–Crippen MR) is 114 cm³/mol. The Balaban J connectivity index is 1.29. The van der Waals surface area contributed by atoms with Crippen LogP contribution in [0.15, 0.2) is 35.2 Å². The van der Waals surface area contributed by atoms with Gasteiger partial charge in [-0.3, -0.25) is 4.79 Å². The van der Waals surface area contributed by atoms with Crippen molar-refractivity contribution in [1.29, 1.82) is 0 Å². The molecule has 0 N–H and O–H groups in total. The Morgan fingerprint density at radius 1 is 0.875 bits per heavy atom. The SMILES string of the molecule is O=C(c1cc(Cl)c2c(c1)OCO2)N1CCN(S(=O)(=O)c2ccc3c(c2)OCCCO3)CC1. The second-order valence-corrected chi connectivity index (χ2v) is 9.89. The molecule has 0 bridgehead atoms. The summed E-state index contributed by atoms with van der Waals surface area (Å²) in [5.74, 6) is 1.58. The van der Waals surface area contributed by atoms with Crippen LogP contribution in [0, 0.1) is 0 Å². The normalized spacial score (nSPS) is 18.3. The lowest BCUT2D eigenvalue weighted by Crippen LogP contribution is -2.50. The number of carbonyl (C=O) groups is 1. The van der Waals surface area contributed by atoms with Gasteiger partial charge in [-0.15, -0.1) is 0 Å². The van der Waals surface area contributed by atoms with E-state index in [1.807, 2.05) is 0 Å². The zero-order chi connectivity index (χ0) is 22.3. The molecule has 0 saturated carbocycles. The zero-order valence-corrected chi connectivity index (χ0v) is 18.7. The maximum absolute atomic E-state index is 13.2. The van der Waals surface area contributed by atoms with Gasteiger partial charge in [0.25, 0.3) is 5.91 Å². The van der Waals surface area contributed by atoms with Crippen molar-refractivity contribution >= 4 is 27.5 Å². The third-order valence-corrected chi connectivity index (χ3v) is 7.73. The van der Waals surface area contributed by atoms with Crippen LogP contribution < -0.4 is 18.9 Å². The van der Waals surface area contributed by atoms with Crippen LogP contribution in [-0.4, -0.2) is 69.7 Å². The van der Waals surface area contributed by atoms with Gasteiger partial charge in [0, 0.05) is 44.2 Å². The first-order valence-corrected chi connectivity index (χ1v) is 12.0. The highest BCUT2D eigenvalue weighted by atomic mass is 35.5. The first-order chi connectivity index (χ1) is 15.4. The number of piperazine rings is 1. The van der Waals surface area contributed by atoms with Crippen molar-refractivity contribution < 1.29 is 32.2 Å². The van der Waals surface area contributed by atoms with E-state index in [0.717, 1.165) is 6.42 Å². The number of rotatable bonds is 3. The van der Waals surface area contributed by atoms with E-state index in [-0.39, 0.29) is 43.8 Å². The summed E-state index contributed by atoms with van der Waals surface area (Å²) in [6, 6.07) is 7.78. The Bertz CT molecular complexity index is 1160. The standard InChI is InChI=1S/C21H21ClN2O7S/c22-16-10-14(11-19-20(16)31-13-30-19)21(25)23-4-6-24(7-5-23)32(26,27)15-2-3-17-18(12-15)29-9-1-8-28-17/h2-3,10-12H,1,4-9,13H2. The molecular weight excluding hydrogens is 460 g/mol. The first kappa shape index (κ1) is 21.2. The van der Waals surface area contributed by atoms with E-state index in [1.54, 1.807) is 17.0 Å². The van der Waals surface area contributed by atoms with Gasteiger partial charge in [-0.2, -0.15) is 4.31 Å². The molecule has 0 radical (unpaired) electrons. The van der Waals surface area contributed by atoms with E-state index < -0.39 is 10.0 Å². The molecule has 3 aliphatic rings. The molecule has 2 aromatic carbocycles. The number of hydrogen-bond acceptors (Lipinski definition) is 7. The van der Waals surface area contributed by atoms with Gasteiger partial charge in [0.05, 0.1) is 23.1 Å². The van der Waals surface area contributed by atoms with Crippen LogP contribution in [0.4, 0.5) is 0 Å². The van der Waals surface area contributed by atoms with Crippen molar-refractivity contribution in [3.8, 4) is 23.0 Å². The fraction of sp³-hybridized carbons (Fsp3) is 0.381. The maximum atomic E-state index is 13.2. The van der Waals surface area contributed by atoms with Gasteiger partial charge in [-0.25, -0.2) is 8.42 Å². The third kappa shape index (κ3) is 3.82. The van der Waals surface area contributed by atoms with Gasteiger partial charge in [-0.05, 0) is 24.3 Å². The lowest BCUT2D eigenvalue weighted by Gasteiger charge is -2.34. The van der Waals surface area contributed by atoms with Crippen LogP contribution in [0.5, 0.6) is 23.0 Å². The minimum absolute atomic E-state index is 0.0586. The lowest BCUT2D eigenvalue weighted by molar-refractivity contribution is 0.0697. The zero-order valence-electron chi connectivity index (χ0n) is 17.1. The number of carbonyl (C=O) groups excluding carboxylic acids is 1. The summed E-state index contributed by atoms with van der Waals surface area (Å²) in [7, 11) is -3.73. The monoisotopic (exact) mass is 480 g/mol. The second-order valence-electron chi connectivity index (χ2n) is 7.55. The number of sulfonamides is 1. The van der Waals surface area contributed by atoms with Gasteiger partial charge in [0.1, 0.15) is 0 Å². The number of benzene rings is 2. The van der Waals surface area contributed by atoms with E-state index in [4.69, 9.17) is 30.5 Å². The largest absolute Gasteiger partial charge is 0.490 e. The van der Waals surface area contributed by atoms with Crippen LogP contribution >= 0.6 is 11.6 Å². The van der Waals surface area contributed by atoms with Gasteiger partial charge in [0.2, 0.25) is 16.8 Å².